The monoisotopic (exact) mass is 316 g/mol. The lowest BCUT2D eigenvalue weighted by atomic mass is 10.2. The molecule has 0 aliphatic heterocycles. The van der Waals surface area contributed by atoms with Crippen molar-refractivity contribution >= 4 is 11.7 Å². The van der Waals surface area contributed by atoms with Gasteiger partial charge in [-0.2, -0.15) is 0 Å². The first-order valence-corrected chi connectivity index (χ1v) is 7.78. The fourth-order valence-electron chi connectivity index (χ4n) is 2.20. The number of hydrogen-bond acceptors (Lipinski definition) is 4. The average molecular weight is 316 g/mol. The van der Waals surface area contributed by atoms with Crippen molar-refractivity contribution in [2.24, 2.45) is 0 Å². The molecule has 0 aliphatic rings. The van der Waals surface area contributed by atoms with Gasteiger partial charge in [0.05, 0.1) is 6.54 Å². The Morgan fingerprint density at radius 2 is 2.04 bits per heavy atom. The van der Waals surface area contributed by atoms with E-state index in [0.717, 1.165) is 18.1 Å². The van der Waals surface area contributed by atoms with Crippen LogP contribution in [0.3, 0.4) is 0 Å². The number of anilines is 1. The molecule has 23 heavy (non-hydrogen) atoms. The third-order valence-electron chi connectivity index (χ3n) is 3.83. The molecule has 2 aromatic rings. The Bertz CT molecular complexity index is 612. The van der Waals surface area contributed by atoms with Crippen molar-refractivity contribution in [2.45, 2.75) is 33.0 Å². The van der Waals surface area contributed by atoms with Gasteiger partial charge in [-0.3, -0.25) is 0 Å². The highest BCUT2D eigenvalue weighted by atomic mass is 16.2. The summed E-state index contributed by atoms with van der Waals surface area (Å²) in [4.78, 5) is 14.0. The van der Waals surface area contributed by atoms with Gasteiger partial charge in [-0.25, -0.2) is 4.79 Å². The minimum absolute atomic E-state index is 0.183. The van der Waals surface area contributed by atoms with Crippen molar-refractivity contribution in [1.29, 1.82) is 0 Å². The largest absolute Gasteiger partial charge is 0.370 e. The molecule has 1 aromatic carbocycles. The molecule has 1 atom stereocenters. The maximum absolute atomic E-state index is 11.9. The molecule has 0 aliphatic carbocycles. The number of aryl methyl sites for hydroxylation is 1. The highest BCUT2D eigenvalue weighted by Gasteiger charge is 2.11. The van der Waals surface area contributed by atoms with Crippen molar-refractivity contribution in [3.05, 3.63) is 42.5 Å². The van der Waals surface area contributed by atoms with Gasteiger partial charge in [-0.15, -0.1) is 10.2 Å². The number of para-hydroxylation sites is 1. The number of urea groups is 1. The van der Waals surface area contributed by atoms with Gasteiger partial charge in [0.25, 0.3) is 0 Å². The number of aromatic nitrogens is 3. The summed E-state index contributed by atoms with van der Waals surface area (Å²) >= 11 is 0. The number of benzene rings is 1. The van der Waals surface area contributed by atoms with Gasteiger partial charge in [-0.05, 0) is 26.0 Å². The molecule has 0 saturated heterocycles. The molecule has 0 fully saturated rings. The van der Waals surface area contributed by atoms with E-state index >= 15 is 0 Å². The van der Waals surface area contributed by atoms with E-state index in [2.05, 4.69) is 32.7 Å². The standard InChI is InChI=1S/C16H24N6O/c1-4-22-12-19-20-15(22)11-18-16(23)17-10-13(2)21(3)14-8-6-5-7-9-14/h5-9,12-13H,4,10-11H2,1-3H3,(H2,17,18,23)/t13-/m1/s1. The fourth-order valence-corrected chi connectivity index (χ4v) is 2.20. The summed E-state index contributed by atoms with van der Waals surface area (Å²) in [6.45, 7) is 5.78. The molecule has 0 bridgehead atoms. The van der Waals surface area contributed by atoms with Crippen LogP contribution in [0.15, 0.2) is 36.7 Å². The maximum Gasteiger partial charge on any atom is 0.315 e. The average Bonchev–Trinajstić information content (AvgIpc) is 3.05. The summed E-state index contributed by atoms with van der Waals surface area (Å²) in [5.41, 5.74) is 1.12. The number of carbonyl (C=O) groups excluding carboxylic acids is 1. The quantitative estimate of drug-likeness (QED) is 0.814. The molecule has 0 saturated carbocycles. The van der Waals surface area contributed by atoms with Gasteiger partial charge >= 0.3 is 6.03 Å². The van der Waals surface area contributed by atoms with E-state index in [0.29, 0.717) is 13.1 Å². The number of nitrogens with one attached hydrogen (secondary N) is 2. The molecule has 0 radical (unpaired) electrons. The zero-order chi connectivity index (χ0) is 16.7. The van der Waals surface area contributed by atoms with E-state index in [-0.39, 0.29) is 12.1 Å². The number of nitrogens with zero attached hydrogens (tertiary/aromatic N) is 4. The van der Waals surface area contributed by atoms with Gasteiger partial charge < -0.3 is 20.1 Å². The van der Waals surface area contributed by atoms with Gasteiger partial charge in [-0.1, -0.05) is 18.2 Å². The third-order valence-corrected chi connectivity index (χ3v) is 3.83. The van der Waals surface area contributed by atoms with E-state index in [1.54, 1.807) is 6.33 Å². The number of hydrogen-bond donors (Lipinski definition) is 2. The minimum Gasteiger partial charge on any atom is -0.370 e. The molecule has 0 unspecified atom stereocenters. The Balaban J connectivity index is 1.75. The topological polar surface area (TPSA) is 75.1 Å². The van der Waals surface area contributed by atoms with Crippen molar-refractivity contribution in [1.82, 2.24) is 25.4 Å². The van der Waals surface area contributed by atoms with Crippen molar-refractivity contribution in [2.75, 3.05) is 18.5 Å². The number of likely N-dealkylation sites (N-methyl/N-ethyl adjacent to an activating group) is 1. The Morgan fingerprint density at radius 1 is 1.30 bits per heavy atom. The highest BCUT2D eigenvalue weighted by molar-refractivity contribution is 5.73. The van der Waals surface area contributed by atoms with E-state index in [1.165, 1.54) is 0 Å². The van der Waals surface area contributed by atoms with Crippen LogP contribution in [-0.4, -0.2) is 40.4 Å². The second kappa shape index (κ2) is 8.17. The second-order valence-electron chi connectivity index (χ2n) is 5.39. The van der Waals surface area contributed by atoms with Gasteiger partial charge in [0.15, 0.2) is 5.82 Å². The Kier molecular flexibility index (Phi) is 5.96. The molecule has 2 rings (SSSR count). The molecule has 7 heteroatoms. The van der Waals surface area contributed by atoms with Gasteiger partial charge in [0.1, 0.15) is 6.33 Å². The molecular formula is C16H24N6O. The lowest BCUT2D eigenvalue weighted by molar-refractivity contribution is 0.239. The Hall–Kier alpha value is -2.57. The highest BCUT2D eigenvalue weighted by Crippen LogP contribution is 2.13. The van der Waals surface area contributed by atoms with Crippen LogP contribution in [0.5, 0.6) is 0 Å². The van der Waals surface area contributed by atoms with Crippen molar-refractivity contribution < 1.29 is 4.79 Å². The zero-order valence-corrected chi connectivity index (χ0v) is 13.9. The summed E-state index contributed by atoms with van der Waals surface area (Å²) in [6, 6.07) is 10.1. The Labute approximate surface area is 136 Å². The molecular weight excluding hydrogens is 292 g/mol. The first kappa shape index (κ1) is 16.8. The zero-order valence-electron chi connectivity index (χ0n) is 13.9. The van der Waals surface area contributed by atoms with Crippen molar-refractivity contribution in [3.8, 4) is 0 Å². The summed E-state index contributed by atoms with van der Waals surface area (Å²) in [7, 11) is 2.02. The lowest BCUT2D eigenvalue weighted by Crippen LogP contribution is -2.44. The van der Waals surface area contributed by atoms with E-state index < -0.39 is 0 Å². The molecule has 2 amide bonds. The number of rotatable bonds is 7. The van der Waals surface area contributed by atoms with Crippen LogP contribution in [0.2, 0.25) is 0 Å². The fraction of sp³-hybridized carbons (Fsp3) is 0.438. The van der Waals surface area contributed by atoms with Crippen LogP contribution < -0.4 is 15.5 Å². The molecule has 2 N–H and O–H groups in total. The Morgan fingerprint density at radius 3 is 2.74 bits per heavy atom. The van der Waals surface area contributed by atoms with Crippen LogP contribution in [0.25, 0.3) is 0 Å². The van der Waals surface area contributed by atoms with Crippen LogP contribution in [-0.2, 0) is 13.1 Å². The maximum atomic E-state index is 11.9. The molecule has 1 heterocycles. The normalized spacial score (nSPS) is 11.8. The SMILES string of the molecule is CCn1cnnc1CNC(=O)NC[C@@H](C)N(C)c1ccccc1. The van der Waals surface area contributed by atoms with Crippen LogP contribution in [0.1, 0.15) is 19.7 Å². The summed E-state index contributed by atoms with van der Waals surface area (Å²) in [5, 5.41) is 13.5. The van der Waals surface area contributed by atoms with Gasteiger partial charge in [0.2, 0.25) is 0 Å². The summed E-state index contributed by atoms with van der Waals surface area (Å²) in [6.07, 6.45) is 1.66. The number of carbonyl (C=O) groups is 1. The molecule has 124 valence electrons. The minimum atomic E-state index is -0.205. The van der Waals surface area contributed by atoms with Crippen LogP contribution >= 0.6 is 0 Å². The first-order valence-electron chi connectivity index (χ1n) is 7.78. The predicted octanol–water partition coefficient (Wildman–Crippen LogP) is 1.62. The van der Waals surface area contributed by atoms with Crippen LogP contribution in [0.4, 0.5) is 10.5 Å². The second-order valence-corrected chi connectivity index (χ2v) is 5.39. The van der Waals surface area contributed by atoms with Crippen molar-refractivity contribution in [3.63, 3.8) is 0 Å². The summed E-state index contributed by atoms with van der Waals surface area (Å²) < 4.78 is 1.89. The van der Waals surface area contributed by atoms with E-state index in [1.807, 2.05) is 48.9 Å². The van der Waals surface area contributed by atoms with Gasteiger partial charge in [0, 0.05) is 31.9 Å². The third kappa shape index (κ3) is 4.70. The van der Waals surface area contributed by atoms with Crippen LogP contribution in [0, 0.1) is 0 Å². The van der Waals surface area contributed by atoms with E-state index in [4.69, 9.17) is 0 Å². The predicted molar refractivity (Wildman–Crippen MR) is 90.2 cm³/mol. The number of amides is 2. The first-order chi connectivity index (χ1) is 11.1. The smallest absolute Gasteiger partial charge is 0.315 e. The molecule has 0 spiro atoms. The van der Waals surface area contributed by atoms with E-state index in [9.17, 15) is 4.79 Å². The molecule has 1 aromatic heterocycles. The lowest BCUT2D eigenvalue weighted by Gasteiger charge is -2.27. The molecule has 7 nitrogen and oxygen atoms in total. The summed E-state index contributed by atoms with van der Waals surface area (Å²) in [5.74, 6) is 0.747.